The molecular weight excluding hydrogens is 326 g/mol. The van der Waals surface area contributed by atoms with Gasteiger partial charge in [0.2, 0.25) is 0 Å². The number of ether oxygens (including phenoxy) is 2. The average molecular weight is 347 g/mol. The number of carbonyl (C=O) groups excluding carboxylic acids is 1. The largest absolute Gasteiger partial charge is 0.486 e. The van der Waals surface area contributed by atoms with E-state index in [1.54, 1.807) is 6.07 Å². The molecule has 2 aliphatic heterocycles. The summed E-state index contributed by atoms with van der Waals surface area (Å²) in [6.45, 7) is 4.69. The minimum atomic E-state index is -0.464. The van der Waals surface area contributed by atoms with Gasteiger partial charge in [0.15, 0.2) is 5.78 Å². The molecule has 0 aliphatic carbocycles. The van der Waals surface area contributed by atoms with Gasteiger partial charge in [-0.1, -0.05) is 18.2 Å². The molecule has 1 fully saturated rings. The Morgan fingerprint density at radius 3 is 2.69 bits per heavy atom. The number of nitrogens with zero attached hydrogens (tertiary/aromatic N) is 1. The van der Waals surface area contributed by atoms with Crippen LogP contribution in [0.25, 0.3) is 11.1 Å². The van der Waals surface area contributed by atoms with Gasteiger partial charge in [-0.3, -0.25) is 4.79 Å². The molecule has 1 saturated heterocycles. The van der Waals surface area contributed by atoms with Gasteiger partial charge in [0.05, 0.1) is 35.8 Å². The summed E-state index contributed by atoms with van der Waals surface area (Å²) in [6, 6.07) is 15.3. The third kappa shape index (κ3) is 3.00. The lowest BCUT2D eigenvalue weighted by molar-refractivity contribution is -0.134. The second-order valence-electron chi connectivity index (χ2n) is 7.82. The molecule has 1 atom stereocenters. The highest BCUT2D eigenvalue weighted by Gasteiger charge is 2.47. The highest BCUT2D eigenvalue weighted by Crippen LogP contribution is 2.44. The van der Waals surface area contributed by atoms with Gasteiger partial charge in [-0.2, -0.15) is 5.26 Å². The van der Waals surface area contributed by atoms with Crippen LogP contribution in [0, 0.1) is 11.3 Å². The Bertz CT molecular complexity index is 925. The summed E-state index contributed by atoms with van der Waals surface area (Å²) >= 11 is 0. The Labute approximate surface area is 153 Å². The van der Waals surface area contributed by atoms with Crippen molar-refractivity contribution in [2.24, 2.45) is 0 Å². The van der Waals surface area contributed by atoms with Gasteiger partial charge in [0, 0.05) is 12.8 Å². The normalized spacial score (nSPS) is 23.8. The van der Waals surface area contributed by atoms with E-state index in [-0.39, 0.29) is 11.4 Å². The van der Waals surface area contributed by atoms with Crippen LogP contribution < -0.4 is 4.74 Å². The highest BCUT2D eigenvalue weighted by molar-refractivity contribution is 6.01. The summed E-state index contributed by atoms with van der Waals surface area (Å²) in [6.07, 6.45) is 1.82. The van der Waals surface area contributed by atoms with E-state index in [9.17, 15) is 4.79 Å². The van der Waals surface area contributed by atoms with Crippen molar-refractivity contribution in [3.63, 3.8) is 0 Å². The number of fused-ring (bicyclic) bond motifs is 1. The monoisotopic (exact) mass is 347 g/mol. The van der Waals surface area contributed by atoms with Crippen molar-refractivity contribution in [2.75, 3.05) is 6.61 Å². The molecule has 2 aromatic carbocycles. The molecule has 4 nitrogen and oxygen atoms in total. The van der Waals surface area contributed by atoms with Crippen molar-refractivity contribution >= 4 is 5.78 Å². The van der Waals surface area contributed by atoms with Crippen molar-refractivity contribution in [2.45, 2.75) is 44.3 Å². The zero-order chi connectivity index (χ0) is 18.4. The molecule has 1 unspecified atom stereocenters. The Balaban J connectivity index is 1.69. The summed E-state index contributed by atoms with van der Waals surface area (Å²) < 4.78 is 12.1. The Morgan fingerprint density at radius 2 is 1.92 bits per heavy atom. The summed E-state index contributed by atoms with van der Waals surface area (Å²) in [5, 5.41) is 9.09. The molecule has 4 rings (SSSR count). The third-order valence-electron chi connectivity index (χ3n) is 5.21. The van der Waals surface area contributed by atoms with E-state index in [0.717, 1.165) is 17.5 Å². The van der Waals surface area contributed by atoms with E-state index in [0.29, 0.717) is 36.3 Å². The third-order valence-corrected chi connectivity index (χ3v) is 5.21. The average Bonchev–Trinajstić information content (AvgIpc) is 2.60. The number of Topliss-reactive ketones (excluding diaryl/α,β-unsaturated/α-hetero) is 1. The Kier molecular flexibility index (Phi) is 3.86. The molecule has 0 aromatic heterocycles. The molecule has 4 heteroatoms. The number of rotatable bonds is 1. The van der Waals surface area contributed by atoms with Crippen LogP contribution in [0.2, 0.25) is 0 Å². The van der Waals surface area contributed by atoms with Crippen LogP contribution >= 0.6 is 0 Å². The molecular formula is C22H21NO3. The van der Waals surface area contributed by atoms with E-state index in [1.165, 1.54) is 0 Å². The molecule has 0 bridgehead atoms. The van der Waals surface area contributed by atoms with Crippen LogP contribution in [0.15, 0.2) is 42.5 Å². The second kappa shape index (κ2) is 5.96. The number of carbonyl (C=O) groups is 1. The van der Waals surface area contributed by atoms with Crippen LogP contribution in [0.5, 0.6) is 5.75 Å². The number of hydrogen-bond acceptors (Lipinski definition) is 4. The van der Waals surface area contributed by atoms with Gasteiger partial charge in [0.1, 0.15) is 11.4 Å². The first-order valence-electron chi connectivity index (χ1n) is 8.91. The van der Waals surface area contributed by atoms with E-state index >= 15 is 0 Å². The van der Waals surface area contributed by atoms with Gasteiger partial charge in [-0.05, 0) is 49.2 Å². The number of hydrogen-bond donors (Lipinski definition) is 0. The van der Waals surface area contributed by atoms with Crippen LogP contribution in [-0.2, 0) is 4.74 Å². The first-order valence-corrected chi connectivity index (χ1v) is 8.91. The van der Waals surface area contributed by atoms with Gasteiger partial charge in [0.25, 0.3) is 0 Å². The number of ketones is 1. The van der Waals surface area contributed by atoms with E-state index < -0.39 is 5.60 Å². The molecule has 2 heterocycles. The lowest BCUT2D eigenvalue weighted by Crippen LogP contribution is -2.52. The molecule has 1 spiro atoms. The highest BCUT2D eigenvalue weighted by atomic mass is 16.5. The molecule has 0 saturated carbocycles. The molecule has 0 radical (unpaired) electrons. The smallest absolute Gasteiger partial charge is 0.170 e. The van der Waals surface area contributed by atoms with Crippen LogP contribution in [-0.4, -0.2) is 23.6 Å². The first kappa shape index (κ1) is 16.8. The SMILES string of the molecule is CC1(C)CC2(CCO1)CC(=O)c1cc(-c3cccc(C#N)c3)ccc1O2. The molecule has 0 N–H and O–H groups in total. The standard InChI is InChI=1S/C22H21NO3/c1-21(2)14-22(8-9-25-21)12-19(24)18-11-17(6-7-20(18)26-22)16-5-3-4-15(10-16)13-23/h3-7,10-11H,8-9,12,14H2,1-2H3. The van der Waals surface area contributed by atoms with Gasteiger partial charge < -0.3 is 9.47 Å². The summed E-state index contributed by atoms with van der Waals surface area (Å²) in [5.74, 6) is 0.765. The molecule has 0 amide bonds. The molecule has 2 aliphatic rings. The van der Waals surface area contributed by atoms with Gasteiger partial charge in [-0.25, -0.2) is 0 Å². The zero-order valence-corrected chi connectivity index (χ0v) is 15.0. The maximum absolute atomic E-state index is 12.9. The zero-order valence-electron chi connectivity index (χ0n) is 15.0. The maximum atomic E-state index is 12.9. The van der Waals surface area contributed by atoms with E-state index in [4.69, 9.17) is 14.7 Å². The number of nitriles is 1. The minimum Gasteiger partial charge on any atom is -0.486 e. The lowest BCUT2D eigenvalue weighted by Gasteiger charge is -2.46. The van der Waals surface area contributed by atoms with Gasteiger partial charge in [-0.15, -0.1) is 0 Å². The van der Waals surface area contributed by atoms with Crippen LogP contribution in [0.1, 0.15) is 49.0 Å². The molecule has 26 heavy (non-hydrogen) atoms. The lowest BCUT2D eigenvalue weighted by atomic mass is 9.78. The fraction of sp³-hybridized carbons (Fsp3) is 0.364. The number of benzene rings is 2. The summed E-state index contributed by atoms with van der Waals surface area (Å²) in [4.78, 5) is 12.9. The van der Waals surface area contributed by atoms with Crippen LogP contribution in [0.3, 0.4) is 0 Å². The molecule has 2 aromatic rings. The fourth-order valence-electron chi connectivity index (χ4n) is 4.11. The quantitative estimate of drug-likeness (QED) is 0.761. The minimum absolute atomic E-state index is 0.113. The fourth-order valence-corrected chi connectivity index (χ4v) is 4.11. The van der Waals surface area contributed by atoms with E-state index in [2.05, 4.69) is 6.07 Å². The van der Waals surface area contributed by atoms with Crippen molar-refractivity contribution in [3.05, 3.63) is 53.6 Å². The summed E-state index contributed by atoms with van der Waals surface area (Å²) in [5.41, 5.74) is 2.32. The Hall–Kier alpha value is -2.64. The summed E-state index contributed by atoms with van der Waals surface area (Å²) in [7, 11) is 0. The Morgan fingerprint density at radius 1 is 1.12 bits per heavy atom. The van der Waals surface area contributed by atoms with Crippen molar-refractivity contribution < 1.29 is 14.3 Å². The predicted molar refractivity (Wildman–Crippen MR) is 98.2 cm³/mol. The van der Waals surface area contributed by atoms with E-state index in [1.807, 2.05) is 50.2 Å². The van der Waals surface area contributed by atoms with Crippen molar-refractivity contribution in [3.8, 4) is 22.9 Å². The van der Waals surface area contributed by atoms with Gasteiger partial charge >= 0.3 is 0 Å². The topological polar surface area (TPSA) is 59.3 Å². The first-order chi connectivity index (χ1) is 12.4. The maximum Gasteiger partial charge on any atom is 0.170 e. The molecule has 132 valence electrons. The second-order valence-corrected chi connectivity index (χ2v) is 7.82. The van der Waals surface area contributed by atoms with Crippen LogP contribution in [0.4, 0.5) is 0 Å². The van der Waals surface area contributed by atoms with Crippen molar-refractivity contribution in [1.29, 1.82) is 5.26 Å². The predicted octanol–water partition coefficient (Wildman–Crippen LogP) is 4.52. The van der Waals surface area contributed by atoms with Crippen molar-refractivity contribution in [1.82, 2.24) is 0 Å².